The molecule has 2 heterocycles. The van der Waals surface area contributed by atoms with Crippen molar-refractivity contribution in [1.82, 2.24) is 20.2 Å². The van der Waals surface area contributed by atoms with Gasteiger partial charge in [-0.25, -0.2) is 15.1 Å². The summed E-state index contributed by atoms with van der Waals surface area (Å²) in [6, 6.07) is 0. The average Bonchev–Trinajstić information content (AvgIpc) is 2.12. The third kappa shape index (κ3) is 1.18. The summed E-state index contributed by atoms with van der Waals surface area (Å²) in [5, 5.41) is 6.68. The molecule has 66 valence electrons. The zero-order valence-corrected chi connectivity index (χ0v) is 7.33. The maximum atomic E-state index is 11.2. The summed E-state index contributed by atoms with van der Waals surface area (Å²) in [7, 11) is 0. The van der Waals surface area contributed by atoms with Crippen LogP contribution in [0.2, 0.25) is 0 Å². The van der Waals surface area contributed by atoms with E-state index in [-0.39, 0.29) is 5.56 Å². The van der Waals surface area contributed by atoms with Crippen LogP contribution in [0, 0.1) is 13.8 Å². The van der Waals surface area contributed by atoms with Gasteiger partial charge in [-0.3, -0.25) is 4.79 Å². The smallest absolute Gasteiger partial charge is 0.267 e. The van der Waals surface area contributed by atoms with E-state index < -0.39 is 0 Å². The Morgan fingerprint density at radius 3 is 2.92 bits per heavy atom. The minimum atomic E-state index is -0.249. The minimum absolute atomic E-state index is 0.249. The van der Waals surface area contributed by atoms with E-state index >= 15 is 0 Å². The fourth-order valence-corrected chi connectivity index (χ4v) is 1.16. The number of hydrogen-bond donors (Lipinski definition) is 1. The van der Waals surface area contributed by atoms with Gasteiger partial charge in [0.15, 0.2) is 0 Å². The Hall–Kier alpha value is -1.78. The number of rotatable bonds is 0. The lowest BCUT2D eigenvalue weighted by molar-refractivity contribution is 0.951. The Morgan fingerprint density at radius 1 is 1.38 bits per heavy atom. The highest BCUT2D eigenvalue weighted by Crippen LogP contribution is 2.06. The second kappa shape index (κ2) is 2.62. The number of aromatic nitrogens is 4. The standard InChI is InChI=1S/C8H8N4O/c1-4-7-6(8(13)12-11-4)3-9-5(2)10-7/h3H,1-2H3,(H,12,13). The number of nitrogens with zero attached hydrogens (tertiary/aromatic N) is 3. The van der Waals surface area contributed by atoms with Gasteiger partial charge in [0, 0.05) is 6.20 Å². The summed E-state index contributed by atoms with van der Waals surface area (Å²) in [6.07, 6.45) is 1.52. The summed E-state index contributed by atoms with van der Waals surface area (Å²) in [4.78, 5) is 19.3. The van der Waals surface area contributed by atoms with Gasteiger partial charge in [0.1, 0.15) is 11.3 Å². The first kappa shape index (κ1) is 7.85. The maximum Gasteiger partial charge on any atom is 0.275 e. The molecule has 0 radical (unpaired) electrons. The van der Waals surface area contributed by atoms with Crippen LogP contribution in [0.25, 0.3) is 10.9 Å². The topological polar surface area (TPSA) is 71.5 Å². The van der Waals surface area contributed by atoms with Gasteiger partial charge in [-0.15, -0.1) is 0 Å². The highest BCUT2D eigenvalue weighted by molar-refractivity contribution is 5.77. The van der Waals surface area contributed by atoms with Crippen LogP contribution in [0.15, 0.2) is 11.0 Å². The molecule has 2 aromatic heterocycles. The zero-order valence-electron chi connectivity index (χ0n) is 7.33. The maximum absolute atomic E-state index is 11.2. The van der Waals surface area contributed by atoms with Crippen LogP contribution in [0.1, 0.15) is 11.5 Å². The number of fused-ring (bicyclic) bond motifs is 1. The molecule has 5 heteroatoms. The number of hydrogen-bond acceptors (Lipinski definition) is 4. The summed E-state index contributed by atoms with van der Waals surface area (Å²) in [5.74, 6) is 0.642. The number of nitrogens with one attached hydrogen (secondary N) is 1. The van der Waals surface area contributed by atoms with Crippen LogP contribution in [-0.4, -0.2) is 20.2 Å². The molecule has 0 unspecified atom stereocenters. The molecule has 1 N–H and O–H groups in total. The van der Waals surface area contributed by atoms with Crippen LogP contribution >= 0.6 is 0 Å². The van der Waals surface area contributed by atoms with Crippen molar-refractivity contribution in [2.45, 2.75) is 13.8 Å². The molecule has 5 nitrogen and oxygen atoms in total. The fraction of sp³-hybridized carbons (Fsp3) is 0.250. The van der Waals surface area contributed by atoms with Crippen molar-refractivity contribution < 1.29 is 0 Å². The molecule has 2 rings (SSSR count). The van der Waals surface area contributed by atoms with Gasteiger partial charge in [-0.2, -0.15) is 5.10 Å². The molecular formula is C8H8N4O. The van der Waals surface area contributed by atoms with Crippen molar-refractivity contribution >= 4 is 10.9 Å². The molecule has 13 heavy (non-hydrogen) atoms. The van der Waals surface area contributed by atoms with Gasteiger partial charge in [0.05, 0.1) is 11.1 Å². The first-order valence-corrected chi connectivity index (χ1v) is 3.87. The molecule has 0 spiro atoms. The van der Waals surface area contributed by atoms with Gasteiger partial charge in [0.2, 0.25) is 0 Å². The Kier molecular flexibility index (Phi) is 1.58. The lowest BCUT2D eigenvalue weighted by Crippen LogP contribution is -2.11. The number of H-pyrrole nitrogens is 1. The summed E-state index contributed by atoms with van der Waals surface area (Å²) < 4.78 is 0. The molecular weight excluding hydrogens is 168 g/mol. The second-order valence-corrected chi connectivity index (χ2v) is 2.82. The largest absolute Gasteiger partial charge is 0.275 e. The molecule has 0 aliphatic heterocycles. The Balaban J connectivity index is 3.01. The van der Waals surface area contributed by atoms with Crippen LogP contribution in [0.5, 0.6) is 0 Å². The van der Waals surface area contributed by atoms with Crippen LogP contribution in [-0.2, 0) is 0 Å². The fourth-order valence-electron chi connectivity index (χ4n) is 1.16. The van der Waals surface area contributed by atoms with Crippen molar-refractivity contribution in [3.8, 4) is 0 Å². The van der Waals surface area contributed by atoms with Crippen LogP contribution in [0.4, 0.5) is 0 Å². The van der Waals surface area contributed by atoms with Gasteiger partial charge in [0.25, 0.3) is 5.56 Å². The van der Waals surface area contributed by atoms with E-state index in [0.717, 1.165) is 0 Å². The van der Waals surface area contributed by atoms with E-state index in [0.29, 0.717) is 22.4 Å². The first-order chi connectivity index (χ1) is 6.18. The molecule has 0 aliphatic carbocycles. The van der Waals surface area contributed by atoms with E-state index in [1.807, 2.05) is 0 Å². The van der Waals surface area contributed by atoms with Gasteiger partial charge in [-0.1, -0.05) is 0 Å². The molecule has 0 aromatic carbocycles. The van der Waals surface area contributed by atoms with Gasteiger partial charge in [-0.05, 0) is 13.8 Å². The summed E-state index contributed by atoms with van der Waals surface area (Å²) >= 11 is 0. The quantitative estimate of drug-likeness (QED) is 0.627. The normalized spacial score (nSPS) is 10.6. The summed E-state index contributed by atoms with van der Waals surface area (Å²) in [6.45, 7) is 3.57. The van der Waals surface area contributed by atoms with Crippen molar-refractivity contribution in [3.05, 3.63) is 28.1 Å². The Labute approximate surface area is 73.9 Å². The van der Waals surface area contributed by atoms with Crippen LogP contribution in [0.3, 0.4) is 0 Å². The zero-order chi connectivity index (χ0) is 9.42. The van der Waals surface area contributed by atoms with E-state index in [9.17, 15) is 4.79 Å². The van der Waals surface area contributed by atoms with E-state index in [1.54, 1.807) is 13.8 Å². The lowest BCUT2D eigenvalue weighted by atomic mass is 10.3. The third-order valence-corrected chi connectivity index (χ3v) is 1.82. The number of aromatic amines is 1. The minimum Gasteiger partial charge on any atom is -0.267 e. The first-order valence-electron chi connectivity index (χ1n) is 3.87. The van der Waals surface area contributed by atoms with Gasteiger partial charge < -0.3 is 0 Å². The molecule has 2 aromatic rings. The monoisotopic (exact) mass is 176 g/mol. The average molecular weight is 176 g/mol. The second-order valence-electron chi connectivity index (χ2n) is 2.82. The van der Waals surface area contributed by atoms with Crippen molar-refractivity contribution in [2.75, 3.05) is 0 Å². The van der Waals surface area contributed by atoms with Crippen molar-refractivity contribution in [2.24, 2.45) is 0 Å². The molecule has 0 saturated carbocycles. The van der Waals surface area contributed by atoms with Gasteiger partial charge >= 0.3 is 0 Å². The van der Waals surface area contributed by atoms with Crippen LogP contribution < -0.4 is 5.56 Å². The molecule has 0 aliphatic rings. The predicted molar refractivity (Wildman–Crippen MR) is 47.4 cm³/mol. The summed E-state index contributed by atoms with van der Waals surface area (Å²) in [5.41, 5.74) is 1.08. The Bertz CT molecular complexity index is 517. The molecule has 0 fully saturated rings. The number of aryl methyl sites for hydroxylation is 2. The molecule has 0 bridgehead atoms. The Morgan fingerprint density at radius 2 is 2.15 bits per heavy atom. The molecule has 0 amide bonds. The van der Waals surface area contributed by atoms with E-state index in [4.69, 9.17) is 0 Å². The van der Waals surface area contributed by atoms with E-state index in [1.165, 1.54) is 6.20 Å². The van der Waals surface area contributed by atoms with E-state index in [2.05, 4.69) is 20.2 Å². The van der Waals surface area contributed by atoms with Crippen molar-refractivity contribution in [1.29, 1.82) is 0 Å². The highest BCUT2D eigenvalue weighted by atomic mass is 16.1. The lowest BCUT2D eigenvalue weighted by Gasteiger charge is -1.98. The predicted octanol–water partition coefficient (Wildman–Crippen LogP) is 0.330. The SMILES string of the molecule is Cc1ncc2c(=O)[nH]nc(C)c2n1. The third-order valence-electron chi connectivity index (χ3n) is 1.82. The van der Waals surface area contributed by atoms with Crippen molar-refractivity contribution in [3.63, 3.8) is 0 Å². The molecule has 0 atom stereocenters. The molecule has 0 saturated heterocycles. The highest BCUT2D eigenvalue weighted by Gasteiger charge is 2.04.